The van der Waals surface area contributed by atoms with Crippen molar-refractivity contribution in [3.8, 4) is 0 Å². The molecule has 2 N–H and O–H groups in total. The van der Waals surface area contributed by atoms with Crippen molar-refractivity contribution < 1.29 is 14.3 Å². The van der Waals surface area contributed by atoms with E-state index in [0.717, 1.165) is 24.2 Å². The largest absolute Gasteiger partial charge is 0.498 e. The van der Waals surface area contributed by atoms with Gasteiger partial charge in [0.1, 0.15) is 11.6 Å². The number of nitrogens with zero attached hydrogens (tertiary/aromatic N) is 3. The molecule has 0 atom stereocenters. The maximum atomic E-state index is 12.7. The van der Waals surface area contributed by atoms with Gasteiger partial charge in [0.25, 0.3) is 11.8 Å². The third kappa shape index (κ3) is 3.20. The number of ether oxygens (including phenoxy) is 1. The van der Waals surface area contributed by atoms with Crippen molar-refractivity contribution in [2.75, 3.05) is 37.7 Å². The molecule has 0 bridgehead atoms. The van der Waals surface area contributed by atoms with E-state index < -0.39 is 5.91 Å². The molecule has 0 unspecified atom stereocenters. The Hall–Kier alpha value is -2.57. The molecule has 3 rings (SSSR count). The average molecular weight is 330 g/mol. The Bertz CT molecular complexity index is 678. The third-order valence-corrected chi connectivity index (χ3v) is 4.49. The number of nitrogens with two attached hydrogens (primary N) is 1. The molecule has 1 saturated heterocycles. The molecule has 0 aromatic carbocycles. The molecular weight excluding hydrogens is 308 g/mol. The highest BCUT2D eigenvalue weighted by Gasteiger charge is 2.28. The van der Waals surface area contributed by atoms with Crippen LogP contribution in [0, 0.1) is 0 Å². The topological polar surface area (TPSA) is 88.8 Å². The Labute approximate surface area is 141 Å². The lowest BCUT2D eigenvalue weighted by Gasteiger charge is -2.36. The molecule has 0 spiro atoms. The predicted octanol–water partition coefficient (Wildman–Crippen LogP) is 0.913. The number of anilines is 1. The Balaban J connectivity index is 1.68. The third-order valence-electron chi connectivity index (χ3n) is 4.49. The fourth-order valence-corrected chi connectivity index (χ4v) is 3.15. The Morgan fingerprint density at radius 2 is 2.00 bits per heavy atom. The molecule has 2 aliphatic heterocycles. The second-order valence-electron chi connectivity index (χ2n) is 6.00. The van der Waals surface area contributed by atoms with Crippen molar-refractivity contribution in [1.82, 2.24) is 9.88 Å². The van der Waals surface area contributed by atoms with Gasteiger partial charge in [-0.1, -0.05) is 0 Å². The summed E-state index contributed by atoms with van der Waals surface area (Å²) < 4.78 is 5.50. The molecular formula is C17H22N4O3. The SMILES string of the molecule is CC1=C(C(=O)N2CCN(c3ncccc3C(N)=O)CC2)CCCO1. The van der Waals surface area contributed by atoms with Crippen LogP contribution in [0.15, 0.2) is 29.7 Å². The monoisotopic (exact) mass is 330 g/mol. The molecule has 0 saturated carbocycles. The van der Waals surface area contributed by atoms with E-state index in [0.29, 0.717) is 44.2 Å². The molecule has 7 nitrogen and oxygen atoms in total. The maximum Gasteiger partial charge on any atom is 0.253 e. The first-order chi connectivity index (χ1) is 11.6. The zero-order valence-corrected chi connectivity index (χ0v) is 13.8. The van der Waals surface area contributed by atoms with Gasteiger partial charge in [-0.2, -0.15) is 0 Å². The number of hydrogen-bond acceptors (Lipinski definition) is 5. The van der Waals surface area contributed by atoms with Gasteiger partial charge < -0.3 is 20.3 Å². The number of piperazine rings is 1. The van der Waals surface area contributed by atoms with Crippen LogP contribution >= 0.6 is 0 Å². The molecule has 24 heavy (non-hydrogen) atoms. The van der Waals surface area contributed by atoms with E-state index in [1.807, 2.05) is 16.7 Å². The highest BCUT2D eigenvalue weighted by molar-refractivity contribution is 5.98. The smallest absolute Gasteiger partial charge is 0.253 e. The average Bonchev–Trinajstić information content (AvgIpc) is 2.62. The van der Waals surface area contributed by atoms with E-state index in [2.05, 4.69) is 4.98 Å². The molecule has 7 heteroatoms. The summed E-state index contributed by atoms with van der Waals surface area (Å²) in [6.45, 7) is 4.96. The minimum atomic E-state index is -0.489. The van der Waals surface area contributed by atoms with Gasteiger partial charge in [0.2, 0.25) is 0 Å². The number of carbonyl (C=O) groups excluding carboxylic acids is 2. The van der Waals surface area contributed by atoms with E-state index >= 15 is 0 Å². The number of hydrogen-bond donors (Lipinski definition) is 1. The van der Waals surface area contributed by atoms with E-state index in [-0.39, 0.29) is 5.91 Å². The lowest BCUT2D eigenvalue weighted by atomic mass is 10.1. The summed E-state index contributed by atoms with van der Waals surface area (Å²) in [5.74, 6) is 0.905. The van der Waals surface area contributed by atoms with Gasteiger partial charge in [-0.25, -0.2) is 4.98 Å². The van der Waals surface area contributed by atoms with Crippen LogP contribution in [-0.4, -0.2) is 54.5 Å². The summed E-state index contributed by atoms with van der Waals surface area (Å²) in [6.07, 6.45) is 3.30. The Morgan fingerprint density at radius 3 is 2.67 bits per heavy atom. The summed E-state index contributed by atoms with van der Waals surface area (Å²) >= 11 is 0. The quantitative estimate of drug-likeness (QED) is 0.890. The first kappa shape index (κ1) is 16.3. The van der Waals surface area contributed by atoms with Crippen LogP contribution in [0.2, 0.25) is 0 Å². The van der Waals surface area contributed by atoms with Gasteiger partial charge in [0.05, 0.1) is 17.7 Å². The minimum Gasteiger partial charge on any atom is -0.498 e. The van der Waals surface area contributed by atoms with Crippen LogP contribution in [-0.2, 0) is 9.53 Å². The highest BCUT2D eigenvalue weighted by Crippen LogP contribution is 2.23. The van der Waals surface area contributed by atoms with E-state index in [1.165, 1.54) is 0 Å². The van der Waals surface area contributed by atoms with Gasteiger partial charge >= 0.3 is 0 Å². The number of amides is 2. The minimum absolute atomic E-state index is 0.0583. The van der Waals surface area contributed by atoms with Crippen molar-refractivity contribution in [2.24, 2.45) is 5.73 Å². The Kier molecular flexibility index (Phi) is 4.69. The van der Waals surface area contributed by atoms with Crippen molar-refractivity contribution in [2.45, 2.75) is 19.8 Å². The molecule has 1 fully saturated rings. The van der Waals surface area contributed by atoms with Gasteiger partial charge in [-0.05, 0) is 31.9 Å². The summed E-state index contributed by atoms with van der Waals surface area (Å²) in [7, 11) is 0. The van der Waals surface area contributed by atoms with Crippen molar-refractivity contribution >= 4 is 17.6 Å². The van der Waals surface area contributed by atoms with Crippen molar-refractivity contribution in [3.63, 3.8) is 0 Å². The van der Waals surface area contributed by atoms with E-state index in [1.54, 1.807) is 18.3 Å². The molecule has 0 aliphatic carbocycles. The number of carbonyl (C=O) groups is 2. The van der Waals surface area contributed by atoms with Gasteiger partial charge in [-0.15, -0.1) is 0 Å². The highest BCUT2D eigenvalue weighted by atomic mass is 16.5. The number of allylic oxidation sites excluding steroid dienone is 1. The molecule has 3 heterocycles. The lowest BCUT2D eigenvalue weighted by molar-refractivity contribution is -0.128. The molecule has 0 radical (unpaired) electrons. The van der Waals surface area contributed by atoms with Crippen molar-refractivity contribution in [3.05, 3.63) is 35.2 Å². The van der Waals surface area contributed by atoms with Gasteiger partial charge in [0, 0.05) is 32.4 Å². The molecule has 1 aromatic rings. The first-order valence-electron chi connectivity index (χ1n) is 8.19. The summed E-state index contributed by atoms with van der Waals surface area (Å²) in [6, 6.07) is 3.37. The molecule has 128 valence electrons. The van der Waals surface area contributed by atoms with Gasteiger partial charge in [0.15, 0.2) is 0 Å². The number of primary amides is 1. The molecule has 2 aliphatic rings. The molecule has 1 aromatic heterocycles. The van der Waals surface area contributed by atoms with Crippen LogP contribution in [0.4, 0.5) is 5.82 Å². The van der Waals surface area contributed by atoms with Crippen molar-refractivity contribution in [1.29, 1.82) is 0 Å². The van der Waals surface area contributed by atoms with E-state index in [9.17, 15) is 9.59 Å². The van der Waals surface area contributed by atoms with Crippen LogP contribution in [0.25, 0.3) is 0 Å². The van der Waals surface area contributed by atoms with Crippen LogP contribution in [0.3, 0.4) is 0 Å². The number of pyridine rings is 1. The second kappa shape index (κ2) is 6.90. The zero-order chi connectivity index (χ0) is 17.1. The summed E-state index contributed by atoms with van der Waals surface area (Å²) in [5, 5.41) is 0. The Morgan fingerprint density at radius 1 is 1.25 bits per heavy atom. The number of aromatic nitrogens is 1. The standard InChI is InChI=1S/C17H22N4O3/c1-12-13(5-3-11-24-12)17(23)21-9-7-20(8-10-21)16-14(15(18)22)4-2-6-19-16/h2,4,6H,3,5,7-11H2,1H3,(H2,18,22). The van der Waals surface area contributed by atoms with Crippen LogP contribution in [0.1, 0.15) is 30.1 Å². The fraction of sp³-hybridized carbons (Fsp3) is 0.471. The van der Waals surface area contributed by atoms with Crippen LogP contribution < -0.4 is 10.6 Å². The zero-order valence-electron chi connectivity index (χ0n) is 13.8. The normalized spacial score (nSPS) is 18.4. The summed E-state index contributed by atoms with van der Waals surface area (Å²) in [4.78, 5) is 32.3. The predicted molar refractivity (Wildman–Crippen MR) is 89.4 cm³/mol. The maximum absolute atomic E-state index is 12.7. The fourth-order valence-electron chi connectivity index (χ4n) is 3.15. The summed E-state index contributed by atoms with van der Waals surface area (Å²) in [5.41, 5.74) is 6.62. The number of rotatable bonds is 3. The van der Waals surface area contributed by atoms with Crippen LogP contribution in [0.5, 0.6) is 0 Å². The lowest BCUT2D eigenvalue weighted by Crippen LogP contribution is -2.50. The second-order valence-corrected chi connectivity index (χ2v) is 6.00. The molecule has 2 amide bonds. The first-order valence-corrected chi connectivity index (χ1v) is 8.19. The van der Waals surface area contributed by atoms with E-state index in [4.69, 9.17) is 10.5 Å². The van der Waals surface area contributed by atoms with Gasteiger partial charge in [-0.3, -0.25) is 9.59 Å².